The number of carbonyl (C=O) groups is 1. The van der Waals surface area contributed by atoms with Gasteiger partial charge >= 0.3 is 0 Å². The van der Waals surface area contributed by atoms with Gasteiger partial charge in [0.1, 0.15) is 6.54 Å². The van der Waals surface area contributed by atoms with Crippen LogP contribution in [0.5, 0.6) is 0 Å². The van der Waals surface area contributed by atoms with E-state index in [0.29, 0.717) is 19.1 Å². The fraction of sp³-hybridized carbons (Fsp3) is 0.722. The molecule has 1 atom stereocenters. The summed E-state index contributed by atoms with van der Waals surface area (Å²) in [4.78, 5) is 26.1. The van der Waals surface area contributed by atoms with Crippen LogP contribution in [0.25, 0.3) is 0 Å². The molecule has 2 aliphatic rings. The van der Waals surface area contributed by atoms with Gasteiger partial charge in [-0.05, 0) is 21.0 Å². The van der Waals surface area contributed by atoms with Gasteiger partial charge in [-0.3, -0.25) is 19.4 Å². The minimum Gasteiger partial charge on any atom is -0.357 e. The predicted molar refractivity (Wildman–Crippen MR) is 107 cm³/mol. The van der Waals surface area contributed by atoms with Crippen LogP contribution in [0.2, 0.25) is 0 Å². The molecule has 9 heteroatoms. The van der Waals surface area contributed by atoms with Crippen molar-refractivity contribution in [3.05, 3.63) is 12.4 Å². The van der Waals surface area contributed by atoms with E-state index >= 15 is 0 Å². The molecule has 0 spiro atoms. The SMILES string of the molecule is CCNC(=NCC1CN(C)CCN1C)N1CCN(c2cnn(C)c2)C(=O)C1. The van der Waals surface area contributed by atoms with Crippen LogP contribution in [0.4, 0.5) is 5.69 Å². The van der Waals surface area contributed by atoms with Crippen LogP contribution in [0, 0.1) is 0 Å². The largest absolute Gasteiger partial charge is 0.357 e. The Hall–Kier alpha value is -2.13. The first-order valence-corrected chi connectivity index (χ1v) is 9.69. The van der Waals surface area contributed by atoms with E-state index in [0.717, 1.165) is 50.9 Å². The molecule has 0 bridgehead atoms. The molecule has 2 aliphatic heterocycles. The Bertz CT molecular complexity index is 672. The average molecular weight is 377 g/mol. The number of nitrogens with zero attached hydrogens (tertiary/aromatic N) is 7. The number of anilines is 1. The minimum atomic E-state index is 0.0781. The molecular formula is C18H32N8O. The first-order valence-electron chi connectivity index (χ1n) is 9.69. The Kier molecular flexibility index (Phi) is 6.33. The van der Waals surface area contributed by atoms with Crippen LogP contribution in [0.3, 0.4) is 0 Å². The topological polar surface area (TPSA) is 72.2 Å². The van der Waals surface area contributed by atoms with E-state index in [4.69, 9.17) is 4.99 Å². The van der Waals surface area contributed by atoms with Crippen molar-refractivity contribution in [3.8, 4) is 0 Å². The molecule has 2 fully saturated rings. The molecule has 0 aromatic carbocycles. The van der Waals surface area contributed by atoms with Crippen molar-refractivity contribution in [2.75, 3.05) is 71.4 Å². The van der Waals surface area contributed by atoms with Crippen molar-refractivity contribution in [1.29, 1.82) is 0 Å². The van der Waals surface area contributed by atoms with Crippen LogP contribution in [0.15, 0.2) is 17.4 Å². The predicted octanol–water partition coefficient (Wildman–Crippen LogP) is -0.720. The lowest BCUT2D eigenvalue weighted by molar-refractivity contribution is -0.120. The van der Waals surface area contributed by atoms with Gasteiger partial charge in [-0.1, -0.05) is 0 Å². The Morgan fingerprint density at radius 3 is 2.74 bits per heavy atom. The molecule has 1 amide bonds. The lowest BCUT2D eigenvalue weighted by Crippen LogP contribution is -2.56. The monoisotopic (exact) mass is 376 g/mol. The fourth-order valence-corrected chi connectivity index (χ4v) is 3.59. The van der Waals surface area contributed by atoms with Gasteiger partial charge in [0.05, 0.1) is 18.4 Å². The molecule has 3 heterocycles. The van der Waals surface area contributed by atoms with E-state index in [1.807, 2.05) is 13.2 Å². The maximum absolute atomic E-state index is 12.7. The minimum absolute atomic E-state index is 0.0781. The zero-order chi connectivity index (χ0) is 19.4. The lowest BCUT2D eigenvalue weighted by atomic mass is 10.2. The summed E-state index contributed by atoms with van der Waals surface area (Å²) >= 11 is 0. The molecule has 0 aliphatic carbocycles. The van der Waals surface area contributed by atoms with Crippen molar-refractivity contribution >= 4 is 17.6 Å². The molecule has 9 nitrogen and oxygen atoms in total. The van der Waals surface area contributed by atoms with E-state index in [2.05, 4.69) is 46.1 Å². The Morgan fingerprint density at radius 2 is 2.07 bits per heavy atom. The number of likely N-dealkylation sites (N-methyl/N-ethyl adjacent to an activating group) is 2. The molecular weight excluding hydrogens is 344 g/mol. The van der Waals surface area contributed by atoms with Gasteiger partial charge in [-0.15, -0.1) is 0 Å². The van der Waals surface area contributed by atoms with E-state index < -0.39 is 0 Å². The summed E-state index contributed by atoms with van der Waals surface area (Å²) in [7, 11) is 6.18. The summed E-state index contributed by atoms with van der Waals surface area (Å²) in [6, 6.07) is 0.407. The summed E-state index contributed by atoms with van der Waals surface area (Å²) in [5, 5.41) is 7.52. The number of carbonyl (C=O) groups excluding carboxylic acids is 1. The molecule has 150 valence electrons. The van der Waals surface area contributed by atoms with Crippen LogP contribution in [-0.4, -0.2) is 109 Å². The number of guanidine groups is 1. The maximum atomic E-state index is 12.7. The summed E-state index contributed by atoms with van der Waals surface area (Å²) in [5.41, 5.74) is 0.857. The lowest BCUT2D eigenvalue weighted by Gasteiger charge is -2.38. The molecule has 0 radical (unpaired) electrons. The number of aromatic nitrogens is 2. The second-order valence-electron chi connectivity index (χ2n) is 7.43. The maximum Gasteiger partial charge on any atom is 0.246 e. The van der Waals surface area contributed by atoms with Crippen LogP contribution < -0.4 is 10.2 Å². The summed E-state index contributed by atoms with van der Waals surface area (Å²) in [5.74, 6) is 0.910. The molecule has 3 rings (SSSR count). The van der Waals surface area contributed by atoms with Crippen molar-refractivity contribution in [2.45, 2.75) is 13.0 Å². The highest BCUT2D eigenvalue weighted by Gasteiger charge is 2.28. The first-order chi connectivity index (χ1) is 13.0. The second kappa shape index (κ2) is 8.71. The number of hydrogen-bond donors (Lipinski definition) is 1. The highest BCUT2D eigenvalue weighted by Crippen LogP contribution is 2.16. The highest BCUT2D eigenvalue weighted by molar-refractivity contribution is 5.98. The molecule has 2 saturated heterocycles. The van der Waals surface area contributed by atoms with Gasteiger partial charge in [-0.2, -0.15) is 5.10 Å². The van der Waals surface area contributed by atoms with Crippen molar-refractivity contribution in [3.63, 3.8) is 0 Å². The van der Waals surface area contributed by atoms with Gasteiger partial charge in [0.25, 0.3) is 0 Å². The van der Waals surface area contributed by atoms with Gasteiger partial charge in [0, 0.05) is 58.6 Å². The molecule has 0 saturated carbocycles. The third kappa shape index (κ3) is 4.78. The van der Waals surface area contributed by atoms with E-state index in [-0.39, 0.29) is 5.91 Å². The van der Waals surface area contributed by atoms with Gasteiger partial charge in [0.15, 0.2) is 5.96 Å². The Labute approximate surface area is 161 Å². The van der Waals surface area contributed by atoms with E-state index in [1.54, 1.807) is 15.8 Å². The Balaban J connectivity index is 1.64. The number of nitrogens with one attached hydrogen (secondary N) is 1. The molecule has 1 aromatic rings. The van der Waals surface area contributed by atoms with Crippen molar-refractivity contribution in [2.24, 2.45) is 12.0 Å². The quantitative estimate of drug-likeness (QED) is 0.552. The van der Waals surface area contributed by atoms with E-state index in [9.17, 15) is 4.79 Å². The van der Waals surface area contributed by atoms with E-state index in [1.165, 1.54) is 0 Å². The second-order valence-corrected chi connectivity index (χ2v) is 7.43. The number of hydrogen-bond acceptors (Lipinski definition) is 5. The number of piperazine rings is 2. The summed E-state index contributed by atoms with van der Waals surface area (Å²) in [6.45, 7) is 8.50. The molecule has 1 unspecified atom stereocenters. The van der Waals surface area contributed by atoms with Crippen LogP contribution in [0.1, 0.15) is 6.92 Å². The zero-order valence-electron chi connectivity index (χ0n) is 16.9. The zero-order valence-corrected chi connectivity index (χ0v) is 16.9. The number of rotatable bonds is 4. The van der Waals surface area contributed by atoms with Crippen LogP contribution in [-0.2, 0) is 11.8 Å². The molecule has 1 N–H and O–H groups in total. The molecule has 1 aromatic heterocycles. The van der Waals surface area contributed by atoms with Gasteiger partial charge in [0.2, 0.25) is 5.91 Å². The third-order valence-corrected chi connectivity index (χ3v) is 5.29. The summed E-state index contributed by atoms with van der Waals surface area (Å²) < 4.78 is 1.72. The highest BCUT2D eigenvalue weighted by atomic mass is 16.2. The summed E-state index contributed by atoms with van der Waals surface area (Å²) in [6.07, 6.45) is 3.62. The van der Waals surface area contributed by atoms with Gasteiger partial charge < -0.3 is 20.0 Å². The standard InChI is InChI=1S/C18H32N8O/c1-5-19-18(20-10-15-12-22(2)6-7-23(15)3)25-8-9-26(17(27)14-25)16-11-21-24(4)13-16/h11,13,15H,5-10,12,14H2,1-4H3,(H,19,20). The number of aryl methyl sites for hydroxylation is 1. The Morgan fingerprint density at radius 1 is 1.26 bits per heavy atom. The third-order valence-electron chi connectivity index (χ3n) is 5.29. The fourth-order valence-electron chi connectivity index (χ4n) is 3.59. The number of amides is 1. The normalized spacial score (nSPS) is 23.2. The van der Waals surface area contributed by atoms with Crippen molar-refractivity contribution < 1.29 is 4.79 Å². The van der Waals surface area contributed by atoms with Crippen molar-refractivity contribution in [1.82, 2.24) is 29.8 Å². The smallest absolute Gasteiger partial charge is 0.246 e. The first kappa shape index (κ1) is 19.6. The van der Waals surface area contributed by atoms with Crippen LogP contribution >= 0.6 is 0 Å². The number of aliphatic imine (C=N–C) groups is 1. The molecule has 27 heavy (non-hydrogen) atoms. The average Bonchev–Trinajstić information content (AvgIpc) is 3.07. The van der Waals surface area contributed by atoms with Gasteiger partial charge in [-0.25, -0.2) is 0 Å².